The lowest BCUT2D eigenvalue weighted by Gasteiger charge is -2.24. The van der Waals surface area contributed by atoms with Crippen LogP contribution in [0.3, 0.4) is 0 Å². The molecule has 5 nitrogen and oxygen atoms in total. The van der Waals surface area contributed by atoms with E-state index in [0.29, 0.717) is 17.7 Å². The van der Waals surface area contributed by atoms with Crippen LogP contribution in [0.25, 0.3) is 10.9 Å². The average Bonchev–Trinajstić information content (AvgIpc) is 2.85. The summed E-state index contributed by atoms with van der Waals surface area (Å²) in [5.74, 6) is 0.0393. The second-order valence-electron chi connectivity index (χ2n) is 6.29. The molecule has 1 unspecified atom stereocenters. The first-order valence-corrected chi connectivity index (χ1v) is 9.44. The monoisotopic (exact) mass is 332 g/mol. The molecule has 0 N–H and O–H groups in total. The molecule has 1 fully saturated rings. The number of aryl methyl sites for hydroxylation is 2. The molecular formula is C17H20N2O3S. The Labute approximate surface area is 136 Å². The number of amides is 1. The highest BCUT2D eigenvalue weighted by atomic mass is 32.2. The minimum Gasteiger partial charge on any atom is -0.338 e. The minimum atomic E-state index is -3.02. The maximum absolute atomic E-state index is 12.8. The molecule has 1 aliphatic heterocycles. The van der Waals surface area contributed by atoms with Crippen molar-refractivity contribution in [1.82, 2.24) is 9.88 Å². The lowest BCUT2D eigenvalue weighted by atomic mass is 10.1. The van der Waals surface area contributed by atoms with Crippen LogP contribution in [0.1, 0.15) is 28.0 Å². The van der Waals surface area contributed by atoms with Gasteiger partial charge in [0.2, 0.25) is 0 Å². The summed E-state index contributed by atoms with van der Waals surface area (Å²) in [4.78, 5) is 18.8. The Hall–Kier alpha value is -1.95. The highest BCUT2D eigenvalue weighted by Gasteiger charge is 2.33. The quantitative estimate of drug-likeness (QED) is 0.845. The molecule has 2 aromatic rings. The van der Waals surface area contributed by atoms with Crippen LogP contribution < -0.4 is 0 Å². The van der Waals surface area contributed by atoms with Crippen LogP contribution in [0.4, 0.5) is 0 Å². The lowest BCUT2D eigenvalue weighted by Crippen LogP contribution is -2.38. The van der Waals surface area contributed by atoms with Crippen LogP contribution in [0.5, 0.6) is 0 Å². The van der Waals surface area contributed by atoms with Gasteiger partial charge >= 0.3 is 0 Å². The first kappa shape index (κ1) is 15.9. The zero-order valence-corrected chi connectivity index (χ0v) is 14.4. The van der Waals surface area contributed by atoms with E-state index in [1.165, 1.54) is 0 Å². The smallest absolute Gasteiger partial charge is 0.255 e. The fraction of sp³-hybridized carbons (Fsp3) is 0.412. The Morgan fingerprint density at radius 1 is 1.26 bits per heavy atom. The van der Waals surface area contributed by atoms with E-state index >= 15 is 0 Å². The minimum absolute atomic E-state index is 0.0501. The van der Waals surface area contributed by atoms with Crippen LogP contribution in [0, 0.1) is 13.8 Å². The van der Waals surface area contributed by atoms with E-state index in [1.807, 2.05) is 38.1 Å². The van der Waals surface area contributed by atoms with Crippen molar-refractivity contribution >= 4 is 26.6 Å². The summed E-state index contributed by atoms with van der Waals surface area (Å²) in [5.41, 5.74) is 3.19. The molecule has 0 spiro atoms. The molecule has 0 bridgehead atoms. The van der Waals surface area contributed by atoms with Gasteiger partial charge in [0, 0.05) is 18.5 Å². The molecule has 23 heavy (non-hydrogen) atoms. The van der Waals surface area contributed by atoms with Gasteiger partial charge in [0.25, 0.3) is 5.91 Å². The summed E-state index contributed by atoms with van der Waals surface area (Å²) in [6.07, 6.45) is 0.504. The van der Waals surface area contributed by atoms with E-state index in [0.717, 1.165) is 16.5 Å². The predicted octanol–water partition coefficient (Wildman–Crippen LogP) is 2.11. The van der Waals surface area contributed by atoms with Gasteiger partial charge in [-0.05, 0) is 38.0 Å². The molecule has 2 heterocycles. The van der Waals surface area contributed by atoms with Crippen molar-refractivity contribution in [2.75, 3.05) is 18.6 Å². The lowest BCUT2D eigenvalue weighted by molar-refractivity contribution is 0.0746. The van der Waals surface area contributed by atoms with Gasteiger partial charge in [-0.3, -0.25) is 9.78 Å². The molecule has 0 aliphatic carbocycles. The number of benzene rings is 1. The Balaban J connectivity index is 1.94. The molecule has 1 atom stereocenters. The third kappa shape index (κ3) is 3.08. The number of rotatable bonds is 2. The standard InChI is InChI=1S/C17H20N2O3S/c1-11-4-5-13-9-15(12(2)18-16(13)8-11)17(20)19(3)14-6-7-23(21,22)10-14/h4-5,8-9,14H,6-7,10H2,1-3H3. The fourth-order valence-electron chi connectivity index (χ4n) is 3.03. The van der Waals surface area contributed by atoms with Crippen molar-refractivity contribution < 1.29 is 13.2 Å². The topological polar surface area (TPSA) is 67.3 Å². The van der Waals surface area contributed by atoms with Crippen LogP contribution in [0.15, 0.2) is 24.3 Å². The number of carbonyl (C=O) groups excluding carboxylic acids is 1. The number of aromatic nitrogens is 1. The van der Waals surface area contributed by atoms with Gasteiger partial charge < -0.3 is 4.90 Å². The molecule has 3 rings (SSSR count). The number of carbonyl (C=O) groups is 1. The van der Waals surface area contributed by atoms with E-state index < -0.39 is 9.84 Å². The van der Waals surface area contributed by atoms with Gasteiger partial charge in [0.15, 0.2) is 9.84 Å². The Morgan fingerprint density at radius 2 is 2.00 bits per heavy atom. The van der Waals surface area contributed by atoms with Crippen molar-refractivity contribution in [3.8, 4) is 0 Å². The Kier molecular flexibility index (Phi) is 3.88. The van der Waals surface area contributed by atoms with Crippen molar-refractivity contribution in [3.63, 3.8) is 0 Å². The van der Waals surface area contributed by atoms with Crippen molar-refractivity contribution in [2.45, 2.75) is 26.3 Å². The molecule has 0 radical (unpaired) electrons. The largest absolute Gasteiger partial charge is 0.338 e. The van der Waals surface area contributed by atoms with Crippen molar-refractivity contribution in [2.24, 2.45) is 0 Å². The second-order valence-corrected chi connectivity index (χ2v) is 8.52. The highest BCUT2D eigenvalue weighted by Crippen LogP contribution is 2.22. The zero-order valence-electron chi connectivity index (χ0n) is 13.5. The normalized spacial score (nSPS) is 19.9. The van der Waals surface area contributed by atoms with Gasteiger partial charge in [0.05, 0.1) is 28.3 Å². The number of fused-ring (bicyclic) bond motifs is 1. The van der Waals surface area contributed by atoms with Crippen LogP contribution in [-0.2, 0) is 9.84 Å². The van der Waals surface area contributed by atoms with E-state index in [9.17, 15) is 13.2 Å². The molecular weight excluding hydrogens is 312 g/mol. The number of nitrogens with zero attached hydrogens (tertiary/aromatic N) is 2. The van der Waals surface area contributed by atoms with Gasteiger partial charge in [-0.25, -0.2) is 8.42 Å². The first-order chi connectivity index (χ1) is 10.8. The molecule has 1 aromatic heterocycles. The third-order valence-electron chi connectivity index (χ3n) is 4.47. The van der Waals surface area contributed by atoms with Gasteiger partial charge in [0.1, 0.15) is 0 Å². The van der Waals surface area contributed by atoms with Crippen molar-refractivity contribution in [1.29, 1.82) is 0 Å². The molecule has 1 aromatic carbocycles. The van der Waals surface area contributed by atoms with E-state index in [1.54, 1.807) is 11.9 Å². The highest BCUT2D eigenvalue weighted by molar-refractivity contribution is 7.91. The molecule has 1 amide bonds. The number of pyridine rings is 1. The van der Waals surface area contributed by atoms with E-state index in [-0.39, 0.29) is 23.5 Å². The van der Waals surface area contributed by atoms with Gasteiger partial charge in [-0.1, -0.05) is 12.1 Å². The summed E-state index contributed by atoms with van der Waals surface area (Å²) in [7, 11) is -1.34. The predicted molar refractivity (Wildman–Crippen MR) is 90.4 cm³/mol. The summed E-state index contributed by atoms with van der Waals surface area (Å²) < 4.78 is 23.3. The van der Waals surface area contributed by atoms with Crippen molar-refractivity contribution in [3.05, 3.63) is 41.1 Å². The van der Waals surface area contributed by atoms with E-state index in [4.69, 9.17) is 0 Å². The Morgan fingerprint density at radius 3 is 2.65 bits per heavy atom. The van der Waals surface area contributed by atoms with Gasteiger partial charge in [-0.15, -0.1) is 0 Å². The summed E-state index contributed by atoms with van der Waals surface area (Å²) in [6, 6.07) is 7.53. The second kappa shape index (κ2) is 5.60. The summed E-state index contributed by atoms with van der Waals surface area (Å²) in [5, 5.41) is 0.914. The third-order valence-corrected chi connectivity index (χ3v) is 6.22. The van der Waals surface area contributed by atoms with E-state index in [2.05, 4.69) is 4.98 Å². The summed E-state index contributed by atoms with van der Waals surface area (Å²) >= 11 is 0. The Bertz CT molecular complexity index is 890. The summed E-state index contributed by atoms with van der Waals surface area (Å²) in [6.45, 7) is 3.82. The molecule has 122 valence electrons. The van der Waals surface area contributed by atoms with Crippen LogP contribution >= 0.6 is 0 Å². The fourth-order valence-corrected chi connectivity index (χ4v) is 4.80. The maximum Gasteiger partial charge on any atom is 0.255 e. The van der Waals surface area contributed by atoms with Crippen LogP contribution in [-0.4, -0.2) is 48.8 Å². The number of hydrogen-bond donors (Lipinski definition) is 0. The maximum atomic E-state index is 12.8. The number of hydrogen-bond acceptors (Lipinski definition) is 4. The SMILES string of the molecule is Cc1ccc2cc(C(=O)N(C)C3CCS(=O)(=O)C3)c(C)nc2c1. The molecule has 1 saturated heterocycles. The van der Waals surface area contributed by atoms with Gasteiger partial charge in [-0.2, -0.15) is 0 Å². The molecule has 6 heteroatoms. The first-order valence-electron chi connectivity index (χ1n) is 7.62. The average molecular weight is 332 g/mol. The van der Waals surface area contributed by atoms with Crippen LogP contribution in [0.2, 0.25) is 0 Å². The molecule has 1 aliphatic rings. The zero-order chi connectivity index (χ0) is 16.8. The molecule has 0 saturated carbocycles. The number of sulfone groups is 1.